The van der Waals surface area contributed by atoms with Gasteiger partial charge < -0.3 is 14.9 Å². The molecule has 1 aliphatic heterocycles. The number of hydrogen-bond donors (Lipinski definition) is 2. The Morgan fingerprint density at radius 3 is 2.84 bits per heavy atom. The van der Waals surface area contributed by atoms with E-state index in [1.807, 2.05) is 0 Å². The topological polar surface area (TPSA) is 71.2 Å². The second-order valence-electron chi connectivity index (χ2n) is 5.14. The summed E-state index contributed by atoms with van der Waals surface area (Å²) < 4.78 is 5.20. The van der Waals surface area contributed by atoms with Crippen LogP contribution in [-0.4, -0.2) is 28.3 Å². The van der Waals surface area contributed by atoms with Crippen molar-refractivity contribution in [3.8, 4) is 0 Å². The highest BCUT2D eigenvalue weighted by Crippen LogP contribution is 2.26. The fraction of sp³-hybridized carbons (Fsp3) is 0.429. The lowest BCUT2D eigenvalue weighted by atomic mass is 10.0. The van der Waals surface area contributed by atoms with Crippen LogP contribution in [0.25, 0.3) is 0 Å². The fourth-order valence-electron chi connectivity index (χ4n) is 2.26. The molecule has 0 saturated carbocycles. The summed E-state index contributed by atoms with van der Waals surface area (Å²) in [5.41, 5.74) is 1.36. The van der Waals surface area contributed by atoms with Crippen LogP contribution in [0.5, 0.6) is 0 Å². The largest absolute Gasteiger partial charge is 0.379 e. The zero-order valence-corrected chi connectivity index (χ0v) is 10.9. The maximum Gasteiger partial charge on any atom is 0.259 e. The van der Waals surface area contributed by atoms with Crippen molar-refractivity contribution >= 4 is 0 Å². The van der Waals surface area contributed by atoms with Crippen LogP contribution in [0.15, 0.2) is 28.8 Å². The van der Waals surface area contributed by atoms with Gasteiger partial charge in [-0.15, -0.1) is 0 Å². The van der Waals surface area contributed by atoms with E-state index in [1.54, 1.807) is 0 Å². The van der Waals surface area contributed by atoms with Gasteiger partial charge in [0.15, 0.2) is 11.4 Å². The first kappa shape index (κ1) is 12.3. The second kappa shape index (κ2) is 4.75. The van der Waals surface area contributed by atoms with Crippen LogP contribution >= 0.6 is 0 Å². The molecule has 1 saturated heterocycles. The minimum absolute atomic E-state index is 0.319. The molecule has 0 aliphatic carbocycles. The molecule has 5 heteroatoms. The molecule has 2 heterocycles. The lowest BCUT2D eigenvalue weighted by molar-refractivity contribution is 0.0243. The van der Waals surface area contributed by atoms with Crippen LogP contribution < -0.4 is 5.32 Å². The third-order valence-corrected chi connectivity index (χ3v) is 3.48. The highest BCUT2D eigenvalue weighted by atomic mass is 16.5. The molecule has 0 spiro atoms. The minimum Gasteiger partial charge on any atom is -0.379 e. The molecule has 0 amide bonds. The number of benzene rings is 1. The third kappa shape index (κ3) is 2.52. The molecule has 1 aliphatic rings. The average Bonchev–Trinajstić information content (AvgIpc) is 3.02. The van der Waals surface area contributed by atoms with Gasteiger partial charge in [0.2, 0.25) is 0 Å². The molecule has 1 aromatic heterocycles. The van der Waals surface area contributed by atoms with Crippen molar-refractivity contribution in [1.29, 1.82) is 0 Å². The summed E-state index contributed by atoms with van der Waals surface area (Å²) in [5, 5.41) is 17.4. The van der Waals surface area contributed by atoms with E-state index in [0.717, 1.165) is 12.1 Å². The number of β-amino-alcohol motifs (C(OH)–C–C–N with tert-alkyl or cyclic N) is 1. The predicted molar refractivity (Wildman–Crippen MR) is 69.7 cm³/mol. The number of nitrogens with one attached hydrogen (secondary N) is 1. The molecule has 0 radical (unpaired) electrons. The van der Waals surface area contributed by atoms with Crippen LogP contribution in [-0.2, 0) is 12.0 Å². The summed E-state index contributed by atoms with van der Waals surface area (Å²) >= 11 is 0. The molecule has 1 aromatic carbocycles. The number of aliphatic hydroxyl groups is 1. The van der Waals surface area contributed by atoms with Crippen LogP contribution in [0, 0.1) is 6.92 Å². The van der Waals surface area contributed by atoms with Gasteiger partial charge >= 0.3 is 0 Å². The standard InChI is InChI=1S/C14H17N3O2/c1-10-2-4-11(5-3-10)8-12-16-13(19-17-12)14(18)6-7-15-9-14/h2-5,15,18H,6-9H2,1H3. The van der Waals surface area contributed by atoms with Gasteiger partial charge in [0, 0.05) is 13.0 Å². The zero-order valence-electron chi connectivity index (χ0n) is 10.9. The Morgan fingerprint density at radius 1 is 1.37 bits per heavy atom. The molecule has 2 aromatic rings. The van der Waals surface area contributed by atoms with E-state index in [-0.39, 0.29) is 0 Å². The molecular formula is C14H17N3O2. The van der Waals surface area contributed by atoms with E-state index in [0.29, 0.717) is 31.1 Å². The number of nitrogens with zero attached hydrogens (tertiary/aromatic N) is 2. The summed E-state index contributed by atoms with van der Waals surface area (Å²) in [6.07, 6.45) is 1.23. The SMILES string of the molecule is Cc1ccc(Cc2noc(C3(O)CCNC3)n2)cc1. The Morgan fingerprint density at radius 2 is 2.16 bits per heavy atom. The molecule has 1 atom stereocenters. The number of aromatic nitrogens is 2. The minimum atomic E-state index is -1.00. The van der Waals surface area contributed by atoms with Crippen LogP contribution in [0.2, 0.25) is 0 Å². The summed E-state index contributed by atoms with van der Waals surface area (Å²) in [4.78, 5) is 4.31. The van der Waals surface area contributed by atoms with E-state index in [1.165, 1.54) is 5.56 Å². The van der Waals surface area contributed by atoms with Crippen LogP contribution in [0.1, 0.15) is 29.3 Å². The van der Waals surface area contributed by atoms with Crippen molar-refractivity contribution in [3.05, 3.63) is 47.1 Å². The maximum atomic E-state index is 10.3. The zero-order chi connectivity index (χ0) is 13.3. The van der Waals surface area contributed by atoms with Gasteiger partial charge in [-0.05, 0) is 25.5 Å². The maximum absolute atomic E-state index is 10.3. The Bertz CT molecular complexity index is 556. The fourth-order valence-corrected chi connectivity index (χ4v) is 2.26. The van der Waals surface area contributed by atoms with E-state index in [2.05, 4.69) is 46.6 Å². The first-order valence-electron chi connectivity index (χ1n) is 6.47. The van der Waals surface area contributed by atoms with Crippen molar-refractivity contribution in [3.63, 3.8) is 0 Å². The predicted octanol–water partition coefficient (Wildman–Crippen LogP) is 1.15. The van der Waals surface area contributed by atoms with Crippen molar-refractivity contribution < 1.29 is 9.63 Å². The van der Waals surface area contributed by atoms with Gasteiger partial charge in [0.1, 0.15) is 0 Å². The van der Waals surface area contributed by atoms with Crippen molar-refractivity contribution in [2.24, 2.45) is 0 Å². The van der Waals surface area contributed by atoms with Gasteiger partial charge in [0.25, 0.3) is 5.89 Å². The first-order chi connectivity index (χ1) is 9.16. The Balaban J connectivity index is 1.76. The summed E-state index contributed by atoms with van der Waals surface area (Å²) in [6.45, 7) is 3.30. The molecule has 1 unspecified atom stereocenters. The number of hydrogen-bond acceptors (Lipinski definition) is 5. The Kier molecular flexibility index (Phi) is 3.08. The highest BCUT2D eigenvalue weighted by molar-refractivity contribution is 5.23. The van der Waals surface area contributed by atoms with Crippen LogP contribution in [0.4, 0.5) is 0 Å². The lowest BCUT2D eigenvalue weighted by Gasteiger charge is -2.14. The number of rotatable bonds is 3. The second-order valence-corrected chi connectivity index (χ2v) is 5.14. The molecule has 19 heavy (non-hydrogen) atoms. The van der Waals surface area contributed by atoms with Gasteiger partial charge in [-0.25, -0.2) is 0 Å². The van der Waals surface area contributed by atoms with E-state index >= 15 is 0 Å². The molecular weight excluding hydrogens is 242 g/mol. The van der Waals surface area contributed by atoms with Gasteiger partial charge in [-0.3, -0.25) is 0 Å². The van der Waals surface area contributed by atoms with Gasteiger partial charge in [0.05, 0.1) is 0 Å². The quantitative estimate of drug-likeness (QED) is 0.865. The van der Waals surface area contributed by atoms with E-state index in [9.17, 15) is 5.11 Å². The summed E-state index contributed by atoms with van der Waals surface area (Å²) in [6, 6.07) is 8.23. The monoisotopic (exact) mass is 259 g/mol. The molecule has 3 rings (SSSR count). The summed E-state index contributed by atoms with van der Waals surface area (Å²) in [7, 11) is 0. The molecule has 1 fully saturated rings. The third-order valence-electron chi connectivity index (χ3n) is 3.48. The Labute approximate surface area is 111 Å². The van der Waals surface area contributed by atoms with Crippen LogP contribution in [0.3, 0.4) is 0 Å². The Hall–Kier alpha value is -1.72. The van der Waals surface area contributed by atoms with Gasteiger partial charge in [-0.2, -0.15) is 4.98 Å². The van der Waals surface area contributed by atoms with Crippen molar-refractivity contribution in [1.82, 2.24) is 15.5 Å². The molecule has 0 bridgehead atoms. The summed E-state index contributed by atoms with van der Waals surface area (Å²) in [5.74, 6) is 0.929. The van der Waals surface area contributed by atoms with Crippen molar-refractivity contribution in [2.45, 2.75) is 25.4 Å². The van der Waals surface area contributed by atoms with E-state index < -0.39 is 5.60 Å². The average molecular weight is 259 g/mol. The lowest BCUT2D eigenvalue weighted by Crippen LogP contribution is -2.28. The molecule has 100 valence electrons. The normalized spacial score (nSPS) is 22.8. The first-order valence-corrected chi connectivity index (χ1v) is 6.47. The van der Waals surface area contributed by atoms with Crippen molar-refractivity contribution in [2.75, 3.05) is 13.1 Å². The smallest absolute Gasteiger partial charge is 0.259 e. The van der Waals surface area contributed by atoms with E-state index in [4.69, 9.17) is 4.52 Å². The highest BCUT2D eigenvalue weighted by Gasteiger charge is 2.38. The van der Waals surface area contributed by atoms with Gasteiger partial charge in [-0.1, -0.05) is 35.0 Å². The molecule has 2 N–H and O–H groups in total. The number of aryl methyl sites for hydroxylation is 1. The molecule has 5 nitrogen and oxygen atoms in total.